The number of imide groups is 2. The van der Waals surface area contributed by atoms with Crippen LogP contribution in [0, 0.1) is 6.92 Å². The Hall–Kier alpha value is -3.19. The van der Waals surface area contributed by atoms with E-state index in [1.54, 1.807) is 25.1 Å². The number of rotatable bonds is 6. The molecule has 8 heteroatoms. The van der Waals surface area contributed by atoms with Crippen molar-refractivity contribution in [1.82, 2.24) is 10.2 Å². The SMILES string of the molecule is Cc1c(NCc2cccc(Cl)c2)cccc1C(=O)N(C=O)C1CCC(=O)NC1=O. The Balaban J connectivity index is 1.80. The molecule has 2 N–H and O–H groups in total. The standard InChI is InChI=1S/C21H20ClN3O4/c1-13-16(21(29)25(12-26)18-8-9-19(27)24-20(18)28)6-3-7-17(13)23-11-14-4-2-5-15(22)10-14/h2-7,10,12,18,23H,8-9,11H2,1H3,(H,24,27,28). The van der Waals surface area contributed by atoms with Crippen molar-refractivity contribution in [3.8, 4) is 0 Å². The van der Waals surface area contributed by atoms with Crippen LogP contribution in [0.1, 0.15) is 34.3 Å². The second kappa shape index (κ2) is 8.87. The number of halogens is 1. The van der Waals surface area contributed by atoms with Crippen LogP contribution >= 0.6 is 11.6 Å². The smallest absolute Gasteiger partial charge is 0.261 e. The molecule has 1 aliphatic heterocycles. The maximum Gasteiger partial charge on any atom is 0.261 e. The average Bonchev–Trinajstić information content (AvgIpc) is 2.69. The summed E-state index contributed by atoms with van der Waals surface area (Å²) in [5.41, 5.74) is 2.66. The Labute approximate surface area is 173 Å². The molecule has 29 heavy (non-hydrogen) atoms. The molecule has 1 heterocycles. The van der Waals surface area contributed by atoms with Gasteiger partial charge in [0.15, 0.2) is 0 Å². The van der Waals surface area contributed by atoms with Crippen molar-refractivity contribution < 1.29 is 19.2 Å². The zero-order valence-corrected chi connectivity index (χ0v) is 16.5. The van der Waals surface area contributed by atoms with Crippen molar-refractivity contribution in [2.24, 2.45) is 0 Å². The quantitative estimate of drug-likeness (QED) is 0.560. The molecule has 7 nitrogen and oxygen atoms in total. The Kier molecular flexibility index (Phi) is 6.29. The van der Waals surface area contributed by atoms with E-state index in [0.29, 0.717) is 29.1 Å². The van der Waals surface area contributed by atoms with Crippen LogP contribution in [0.2, 0.25) is 5.02 Å². The van der Waals surface area contributed by atoms with Crippen LogP contribution in [0.15, 0.2) is 42.5 Å². The van der Waals surface area contributed by atoms with Gasteiger partial charge in [-0.3, -0.25) is 29.4 Å². The summed E-state index contributed by atoms with van der Waals surface area (Å²) in [4.78, 5) is 48.8. The molecule has 0 aliphatic carbocycles. The number of piperidine rings is 1. The molecule has 0 radical (unpaired) electrons. The fourth-order valence-corrected chi connectivity index (χ4v) is 3.47. The lowest BCUT2D eigenvalue weighted by Gasteiger charge is -2.29. The van der Waals surface area contributed by atoms with E-state index in [1.807, 2.05) is 24.3 Å². The summed E-state index contributed by atoms with van der Waals surface area (Å²) in [5, 5.41) is 6.06. The summed E-state index contributed by atoms with van der Waals surface area (Å²) in [5.74, 6) is -1.64. The molecule has 0 aromatic heterocycles. The van der Waals surface area contributed by atoms with Gasteiger partial charge in [-0.25, -0.2) is 0 Å². The van der Waals surface area contributed by atoms with Crippen LogP contribution in [0.3, 0.4) is 0 Å². The summed E-state index contributed by atoms with van der Waals surface area (Å²) in [6.45, 7) is 2.27. The molecule has 2 aromatic carbocycles. The number of carbonyl (C=O) groups is 4. The number of hydrogen-bond donors (Lipinski definition) is 2. The maximum absolute atomic E-state index is 13.0. The topological polar surface area (TPSA) is 95.6 Å². The van der Waals surface area contributed by atoms with Crippen LogP contribution < -0.4 is 10.6 Å². The molecule has 0 bridgehead atoms. The Morgan fingerprint density at radius 1 is 1.28 bits per heavy atom. The van der Waals surface area contributed by atoms with Crippen molar-refractivity contribution in [3.63, 3.8) is 0 Å². The second-order valence-corrected chi connectivity index (χ2v) is 7.18. The molecule has 1 atom stereocenters. The highest BCUT2D eigenvalue weighted by atomic mass is 35.5. The molecule has 1 unspecified atom stereocenters. The van der Waals surface area contributed by atoms with Crippen molar-refractivity contribution in [2.45, 2.75) is 32.4 Å². The third kappa shape index (κ3) is 4.63. The van der Waals surface area contributed by atoms with Crippen molar-refractivity contribution in [1.29, 1.82) is 0 Å². The van der Waals surface area contributed by atoms with Crippen LogP contribution in [0.5, 0.6) is 0 Å². The molecule has 2 aromatic rings. The van der Waals surface area contributed by atoms with Crippen molar-refractivity contribution in [2.75, 3.05) is 5.32 Å². The van der Waals surface area contributed by atoms with E-state index >= 15 is 0 Å². The average molecular weight is 414 g/mol. The van der Waals surface area contributed by atoms with Crippen molar-refractivity contribution in [3.05, 3.63) is 64.2 Å². The molecule has 4 amide bonds. The minimum Gasteiger partial charge on any atom is -0.381 e. The maximum atomic E-state index is 13.0. The van der Waals surface area contributed by atoms with Gasteiger partial charge in [-0.05, 0) is 48.7 Å². The minimum atomic E-state index is -1.000. The fraction of sp³-hybridized carbons (Fsp3) is 0.238. The third-order valence-corrected chi connectivity index (χ3v) is 5.07. The molecule has 1 aliphatic rings. The molecular formula is C21H20ClN3O4. The van der Waals surface area contributed by atoms with E-state index < -0.39 is 23.8 Å². The number of nitrogens with zero attached hydrogens (tertiary/aromatic N) is 1. The molecule has 1 fully saturated rings. The predicted molar refractivity (Wildman–Crippen MR) is 108 cm³/mol. The number of hydrogen-bond acceptors (Lipinski definition) is 5. The zero-order valence-electron chi connectivity index (χ0n) is 15.8. The lowest BCUT2D eigenvalue weighted by molar-refractivity contribution is -0.139. The number of anilines is 1. The van der Waals surface area contributed by atoms with Crippen molar-refractivity contribution >= 4 is 41.4 Å². The summed E-state index contributed by atoms with van der Waals surface area (Å²) in [6.07, 6.45) is 0.531. The normalized spacial score (nSPS) is 16.1. The van der Waals surface area contributed by atoms with E-state index in [4.69, 9.17) is 11.6 Å². The number of amides is 4. The van der Waals surface area contributed by atoms with Gasteiger partial charge in [0.1, 0.15) is 6.04 Å². The first-order valence-electron chi connectivity index (χ1n) is 9.10. The summed E-state index contributed by atoms with van der Waals surface area (Å²) in [7, 11) is 0. The Bertz CT molecular complexity index is 976. The van der Waals surface area contributed by atoms with Gasteiger partial charge in [-0.1, -0.05) is 29.8 Å². The highest BCUT2D eigenvalue weighted by Crippen LogP contribution is 2.23. The monoisotopic (exact) mass is 413 g/mol. The predicted octanol–water partition coefficient (Wildman–Crippen LogP) is 2.66. The Morgan fingerprint density at radius 2 is 2.03 bits per heavy atom. The highest BCUT2D eigenvalue weighted by Gasteiger charge is 2.35. The van der Waals surface area contributed by atoms with Gasteiger partial charge in [-0.15, -0.1) is 0 Å². The Morgan fingerprint density at radius 3 is 2.72 bits per heavy atom. The molecule has 0 saturated carbocycles. The van der Waals surface area contributed by atoms with Gasteiger partial charge in [-0.2, -0.15) is 0 Å². The fourth-order valence-electron chi connectivity index (χ4n) is 3.25. The van der Waals surface area contributed by atoms with E-state index in [-0.39, 0.29) is 12.8 Å². The number of benzene rings is 2. The summed E-state index contributed by atoms with van der Waals surface area (Å²) in [6, 6.07) is 11.6. The first-order valence-corrected chi connectivity index (χ1v) is 9.48. The van der Waals surface area contributed by atoms with Gasteiger partial charge in [0, 0.05) is 29.2 Å². The van der Waals surface area contributed by atoms with Crippen LogP contribution in [-0.2, 0) is 20.9 Å². The lowest BCUT2D eigenvalue weighted by atomic mass is 10.0. The molecule has 150 valence electrons. The van der Waals surface area contributed by atoms with Gasteiger partial charge >= 0.3 is 0 Å². The third-order valence-electron chi connectivity index (χ3n) is 4.83. The molecule has 1 saturated heterocycles. The van der Waals surface area contributed by atoms with Crippen LogP contribution in [-0.4, -0.2) is 35.1 Å². The lowest BCUT2D eigenvalue weighted by Crippen LogP contribution is -2.53. The van der Waals surface area contributed by atoms with Crippen LogP contribution in [0.25, 0.3) is 0 Å². The van der Waals surface area contributed by atoms with E-state index in [2.05, 4.69) is 10.6 Å². The first kappa shape index (κ1) is 20.5. The van der Waals surface area contributed by atoms with E-state index in [1.165, 1.54) is 0 Å². The molecule has 0 spiro atoms. The molecular weight excluding hydrogens is 394 g/mol. The van der Waals surface area contributed by atoms with Crippen LogP contribution in [0.4, 0.5) is 5.69 Å². The summed E-state index contributed by atoms with van der Waals surface area (Å²) >= 11 is 6.01. The van der Waals surface area contributed by atoms with Gasteiger partial charge < -0.3 is 5.32 Å². The van der Waals surface area contributed by atoms with Gasteiger partial charge in [0.2, 0.25) is 18.2 Å². The van der Waals surface area contributed by atoms with Gasteiger partial charge in [0.05, 0.1) is 0 Å². The number of carbonyl (C=O) groups excluding carboxylic acids is 4. The molecule has 3 rings (SSSR count). The number of nitrogens with one attached hydrogen (secondary N) is 2. The highest BCUT2D eigenvalue weighted by molar-refractivity contribution is 6.30. The summed E-state index contributed by atoms with van der Waals surface area (Å²) < 4.78 is 0. The largest absolute Gasteiger partial charge is 0.381 e. The zero-order chi connectivity index (χ0) is 21.0. The van der Waals surface area contributed by atoms with Gasteiger partial charge in [0.25, 0.3) is 5.91 Å². The second-order valence-electron chi connectivity index (χ2n) is 6.75. The minimum absolute atomic E-state index is 0.0776. The van der Waals surface area contributed by atoms with E-state index in [9.17, 15) is 19.2 Å². The first-order chi connectivity index (χ1) is 13.9. The van der Waals surface area contributed by atoms with E-state index in [0.717, 1.165) is 16.2 Å².